The number of carbonyl (C=O) groups is 2. The van der Waals surface area contributed by atoms with Gasteiger partial charge in [0, 0.05) is 4.88 Å². The molecule has 0 radical (unpaired) electrons. The molecule has 0 saturated heterocycles. The first-order chi connectivity index (χ1) is 10.6. The highest BCUT2D eigenvalue weighted by atomic mass is 32.1. The lowest BCUT2D eigenvalue weighted by Gasteiger charge is -2.06. The molecule has 1 amide bonds. The van der Waals surface area contributed by atoms with Crippen molar-refractivity contribution in [3.63, 3.8) is 0 Å². The monoisotopic (exact) mass is 317 g/mol. The molecule has 1 aromatic carbocycles. The Kier molecular flexibility index (Phi) is 4.11. The number of benzene rings is 1. The van der Waals surface area contributed by atoms with E-state index in [1.165, 1.54) is 11.3 Å². The van der Waals surface area contributed by atoms with Crippen molar-refractivity contribution in [3.05, 3.63) is 52.4 Å². The molecule has 1 aliphatic carbocycles. The topological polar surface area (TPSA) is 75.6 Å². The average molecular weight is 317 g/mol. The third kappa shape index (κ3) is 3.46. The number of carbonyl (C=O) groups excluding carboxylic acids is 1. The number of hydrogen-bond donors (Lipinski definition) is 2. The Morgan fingerprint density at radius 3 is 2.64 bits per heavy atom. The van der Waals surface area contributed by atoms with Crippen LogP contribution in [0.1, 0.15) is 39.6 Å². The van der Waals surface area contributed by atoms with Crippen LogP contribution in [0.4, 0.5) is 9.80 Å². The summed E-state index contributed by atoms with van der Waals surface area (Å²) in [6.45, 7) is 0.149. The normalized spacial score (nSPS) is 13.6. The van der Waals surface area contributed by atoms with Crippen LogP contribution in [0.25, 0.3) is 0 Å². The predicted molar refractivity (Wildman–Crippen MR) is 83.5 cm³/mol. The highest BCUT2D eigenvalue weighted by Crippen LogP contribution is 2.45. The Labute approximate surface area is 131 Å². The fraction of sp³-hybridized carbons (Fsp3) is 0.250. The summed E-state index contributed by atoms with van der Waals surface area (Å²) < 4.78 is 5.12. The van der Waals surface area contributed by atoms with E-state index < -0.39 is 12.1 Å². The standard InChI is InChI=1S/C16H15NO4S/c18-15(19)12-8-13(11-6-7-11)22-14(12)17-16(20)21-9-10-4-2-1-3-5-10/h1-5,8,11H,6-7,9H2,(H,17,20)(H,18,19). The summed E-state index contributed by atoms with van der Waals surface area (Å²) in [6, 6.07) is 11.0. The van der Waals surface area contributed by atoms with E-state index in [-0.39, 0.29) is 12.2 Å². The molecule has 2 N–H and O–H groups in total. The van der Waals surface area contributed by atoms with Crippen LogP contribution in [-0.4, -0.2) is 17.2 Å². The second-order valence-corrected chi connectivity index (χ2v) is 6.24. The maximum absolute atomic E-state index is 11.8. The summed E-state index contributed by atoms with van der Waals surface area (Å²) in [4.78, 5) is 24.1. The number of aromatic carboxylic acids is 1. The van der Waals surface area contributed by atoms with Gasteiger partial charge < -0.3 is 9.84 Å². The van der Waals surface area contributed by atoms with E-state index in [1.54, 1.807) is 6.07 Å². The Morgan fingerprint density at radius 1 is 1.27 bits per heavy atom. The maximum atomic E-state index is 11.8. The zero-order valence-electron chi connectivity index (χ0n) is 11.7. The van der Waals surface area contributed by atoms with E-state index in [2.05, 4.69) is 5.32 Å². The van der Waals surface area contributed by atoms with Gasteiger partial charge in [-0.3, -0.25) is 5.32 Å². The van der Waals surface area contributed by atoms with Crippen LogP contribution in [0.15, 0.2) is 36.4 Å². The predicted octanol–water partition coefficient (Wildman–Crippen LogP) is 4.07. The molecule has 1 heterocycles. The van der Waals surface area contributed by atoms with Crippen molar-refractivity contribution in [1.82, 2.24) is 0 Å². The molecule has 3 rings (SSSR count). The zero-order chi connectivity index (χ0) is 15.5. The first-order valence-corrected chi connectivity index (χ1v) is 7.80. The molecule has 1 saturated carbocycles. The molecule has 0 atom stereocenters. The van der Waals surface area contributed by atoms with Gasteiger partial charge in [-0.15, -0.1) is 11.3 Å². The van der Waals surface area contributed by atoms with Crippen molar-refractivity contribution in [2.75, 3.05) is 5.32 Å². The number of hydrogen-bond acceptors (Lipinski definition) is 4. The summed E-state index contributed by atoms with van der Waals surface area (Å²) in [6.07, 6.45) is 1.52. The van der Waals surface area contributed by atoms with Crippen LogP contribution in [-0.2, 0) is 11.3 Å². The van der Waals surface area contributed by atoms with Gasteiger partial charge in [0.15, 0.2) is 0 Å². The van der Waals surface area contributed by atoms with Crippen LogP contribution in [0.5, 0.6) is 0 Å². The second kappa shape index (κ2) is 6.19. The van der Waals surface area contributed by atoms with Gasteiger partial charge in [-0.25, -0.2) is 9.59 Å². The number of ether oxygens (including phenoxy) is 1. The van der Waals surface area contributed by atoms with Crippen molar-refractivity contribution in [1.29, 1.82) is 0 Å². The first-order valence-electron chi connectivity index (χ1n) is 6.98. The summed E-state index contributed by atoms with van der Waals surface area (Å²) in [5.74, 6) is -0.597. The van der Waals surface area contributed by atoms with E-state index in [9.17, 15) is 14.7 Å². The Morgan fingerprint density at radius 2 is 2.00 bits per heavy atom. The molecule has 5 nitrogen and oxygen atoms in total. The lowest BCUT2D eigenvalue weighted by atomic mass is 10.2. The molecule has 1 aliphatic rings. The third-order valence-corrected chi connectivity index (χ3v) is 4.60. The lowest BCUT2D eigenvalue weighted by Crippen LogP contribution is -2.14. The number of anilines is 1. The number of nitrogens with one attached hydrogen (secondary N) is 1. The van der Waals surface area contributed by atoms with Crippen molar-refractivity contribution in [3.8, 4) is 0 Å². The van der Waals surface area contributed by atoms with Gasteiger partial charge in [0.1, 0.15) is 11.6 Å². The fourth-order valence-electron chi connectivity index (χ4n) is 2.08. The molecular formula is C16H15NO4S. The quantitative estimate of drug-likeness (QED) is 0.871. The summed E-state index contributed by atoms with van der Waals surface area (Å²) in [5.41, 5.74) is 1.00. The summed E-state index contributed by atoms with van der Waals surface area (Å²) in [7, 11) is 0. The molecule has 22 heavy (non-hydrogen) atoms. The number of carboxylic acid groups (broad SMARTS) is 1. The van der Waals surface area contributed by atoms with E-state index >= 15 is 0 Å². The lowest BCUT2D eigenvalue weighted by molar-refractivity contribution is 0.0698. The van der Waals surface area contributed by atoms with Gasteiger partial charge in [0.25, 0.3) is 0 Å². The van der Waals surface area contributed by atoms with Crippen molar-refractivity contribution < 1.29 is 19.4 Å². The van der Waals surface area contributed by atoms with Crippen molar-refractivity contribution >= 4 is 28.4 Å². The molecule has 1 fully saturated rings. The van der Waals surface area contributed by atoms with Gasteiger partial charge in [-0.1, -0.05) is 30.3 Å². The van der Waals surface area contributed by atoms with E-state index in [4.69, 9.17) is 4.74 Å². The smallest absolute Gasteiger partial charge is 0.412 e. The van der Waals surface area contributed by atoms with Crippen LogP contribution >= 0.6 is 11.3 Å². The Balaban J connectivity index is 1.64. The third-order valence-electron chi connectivity index (χ3n) is 3.39. The van der Waals surface area contributed by atoms with Crippen molar-refractivity contribution in [2.24, 2.45) is 0 Å². The van der Waals surface area contributed by atoms with E-state index in [0.29, 0.717) is 10.9 Å². The zero-order valence-corrected chi connectivity index (χ0v) is 12.6. The van der Waals surface area contributed by atoms with Crippen molar-refractivity contribution in [2.45, 2.75) is 25.4 Å². The van der Waals surface area contributed by atoms with Gasteiger partial charge in [-0.2, -0.15) is 0 Å². The second-order valence-electron chi connectivity index (χ2n) is 5.16. The number of thiophene rings is 1. The molecule has 6 heteroatoms. The molecule has 0 bridgehead atoms. The highest BCUT2D eigenvalue weighted by molar-refractivity contribution is 7.16. The van der Waals surface area contributed by atoms with Crippen LogP contribution in [0.3, 0.4) is 0 Å². The van der Waals surface area contributed by atoms with Crippen LogP contribution in [0, 0.1) is 0 Å². The van der Waals surface area contributed by atoms with E-state index in [1.807, 2.05) is 30.3 Å². The molecule has 0 spiro atoms. The summed E-state index contributed by atoms with van der Waals surface area (Å²) in [5, 5.41) is 12.1. The summed E-state index contributed by atoms with van der Waals surface area (Å²) >= 11 is 1.32. The van der Waals surface area contributed by atoms with Gasteiger partial charge >= 0.3 is 12.1 Å². The molecule has 2 aromatic rings. The van der Waals surface area contributed by atoms with E-state index in [0.717, 1.165) is 23.3 Å². The molecule has 1 aromatic heterocycles. The largest absolute Gasteiger partial charge is 0.478 e. The minimum atomic E-state index is -1.04. The maximum Gasteiger partial charge on any atom is 0.412 e. The Bertz CT molecular complexity index is 691. The minimum absolute atomic E-state index is 0.128. The molecular weight excluding hydrogens is 302 g/mol. The average Bonchev–Trinajstić information content (AvgIpc) is 3.27. The van der Waals surface area contributed by atoms with Gasteiger partial charge in [0.05, 0.1) is 5.56 Å². The number of rotatable bonds is 5. The SMILES string of the molecule is O=C(Nc1sc(C2CC2)cc1C(=O)O)OCc1ccccc1. The Hall–Kier alpha value is -2.34. The van der Waals surface area contributed by atoms with Crippen LogP contribution in [0.2, 0.25) is 0 Å². The molecule has 0 unspecified atom stereocenters. The van der Waals surface area contributed by atoms with Gasteiger partial charge in [-0.05, 0) is 30.4 Å². The molecule has 114 valence electrons. The number of carboxylic acids is 1. The highest BCUT2D eigenvalue weighted by Gasteiger charge is 2.28. The van der Waals surface area contributed by atoms with Gasteiger partial charge in [0.2, 0.25) is 0 Å². The first kappa shape index (κ1) is 14.6. The molecule has 0 aliphatic heterocycles. The number of amides is 1. The van der Waals surface area contributed by atoms with Crippen LogP contribution < -0.4 is 5.32 Å². The fourth-order valence-corrected chi connectivity index (χ4v) is 3.29. The minimum Gasteiger partial charge on any atom is -0.478 e.